The number of methoxy groups -OCH3 is 1. The van der Waals surface area contributed by atoms with Crippen molar-refractivity contribution in [2.75, 3.05) is 7.11 Å². The van der Waals surface area contributed by atoms with Crippen molar-refractivity contribution >= 4 is 32.5 Å². The average Bonchev–Trinajstić information content (AvgIpc) is 2.46. The van der Waals surface area contributed by atoms with Crippen molar-refractivity contribution in [2.24, 2.45) is 0 Å². The predicted molar refractivity (Wildman–Crippen MR) is 81.8 cm³/mol. The highest BCUT2D eigenvalue weighted by Crippen LogP contribution is 2.27. The van der Waals surface area contributed by atoms with E-state index in [4.69, 9.17) is 4.74 Å². The molecule has 2 rings (SSSR count). The topological polar surface area (TPSA) is 43.4 Å². The molecule has 1 atom stereocenters. The van der Waals surface area contributed by atoms with Crippen LogP contribution in [0.15, 0.2) is 56.7 Å². The molecular formula is C15H13BrO3S. The van der Waals surface area contributed by atoms with Gasteiger partial charge in [0.15, 0.2) is 5.78 Å². The van der Waals surface area contributed by atoms with E-state index in [-0.39, 0.29) is 5.78 Å². The van der Waals surface area contributed by atoms with Gasteiger partial charge in [-0.25, -0.2) is 4.21 Å². The van der Waals surface area contributed by atoms with Gasteiger partial charge in [-0.15, -0.1) is 0 Å². The molecule has 0 saturated heterocycles. The molecule has 1 unspecified atom stereocenters. The monoisotopic (exact) mass is 352 g/mol. The number of ether oxygens (including phenoxy) is 1. The van der Waals surface area contributed by atoms with Crippen molar-refractivity contribution in [3.05, 3.63) is 52.5 Å². The number of halogens is 1. The first-order valence-electron chi connectivity index (χ1n) is 5.89. The van der Waals surface area contributed by atoms with E-state index in [1.165, 1.54) is 6.92 Å². The number of ketones is 1. The van der Waals surface area contributed by atoms with E-state index in [0.29, 0.717) is 25.6 Å². The van der Waals surface area contributed by atoms with Crippen molar-refractivity contribution in [3.63, 3.8) is 0 Å². The van der Waals surface area contributed by atoms with E-state index >= 15 is 0 Å². The van der Waals surface area contributed by atoms with Crippen LogP contribution >= 0.6 is 15.9 Å². The van der Waals surface area contributed by atoms with E-state index in [1.807, 2.05) is 0 Å². The van der Waals surface area contributed by atoms with Crippen molar-refractivity contribution in [3.8, 4) is 5.75 Å². The van der Waals surface area contributed by atoms with Crippen LogP contribution in [0.3, 0.4) is 0 Å². The maximum absolute atomic E-state index is 12.6. The zero-order valence-corrected chi connectivity index (χ0v) is 13.5. The summed E-state index contributed by atoms with van der Waals surface area (Å²) in [6.07, 6.45) is 0. The zero-order valence-electron chi connectivity index (χ0n) is 11.1. The third-order valence-corrected chi connectivity index (χ3v) is 5.15. The van der Waals surface area contributed by atoms with Crippen molar-refractivity contribution in [1.82, 2.24) is 0 Å². The van der Waals surface area contributed by atoms with Crippen LogP contribution in [-0.2, 0) is 10.8 Å². The Morgan fingerprint density at radius 1 is 1.20 bits per heavy atom. The summed E-state index contributed by atoms with van der Waals surface area (Å²) in [7, 11) is 0.239. The first-order chi connectivity index (χ1) is 9.52. The van der Waals surface area contributed by atoms with Crippen molar-refractivity contribution < 1.29 is 13.7 Å². The molecule has 0 N–H and O–H groups in total. The number of carbonyl (C=O) groups is 1. The highest BCUT2D eigenvalue weighted by atomic mass is 79.9. The van der Waals surface area contributed by atoms with Gasteiger partial charge in [0.05, 0.1) is 22.8 Å². The van der Waals surface area contributed by atoms with Gasteiger partial charge in [0.1, 0.15) is 5.75 Å². The van der Waals surface area contributed by atoms with Crippen LogP contribution < -0.4 is 4.74 Å². The molecule has 20 heavy (non-hydrogen) atoms. The number of hydrogen-bond acceptors (Lipinski definition) is 3. The Balaban J connectivity index is 2.40. The molecule has 0 aliphatic rings. The quantitative estimate of drug-likeness (QED) is 0.785. The van der Waals surface area contributed by atoms with Crippen LogP contribution in [-0.4, -0.2) is 17.1 Å². The van der Waals surface area contributed by atoms with Crippen LogP contribution in [0.4, 0.5) is 0 Å². The lowest BCUT2D eigenvalue weighted by molar-refractivity contribution is 0.101. The summed E-state index contributed by atoms with van der Waals surface area (Å²) in [6, 6.07) is 12.2. The SMILES string of the molecule is COc1cccc(S(=O)c2ccc(C(C)=O)cc2Br)c1. The molecule has 0 amide bonds. The molecule has 0 saturated carbocycles. The number of benzene rings is 2. The number of carbonyl (C=O) groups excluding carboxylic acids is 1. The van der Waals surface area contributed by atoms with Gasteiger partial charge in [-0.2, -0.15) is 0 Å². The first kappa shape index (κ1) is 14.9. The molecule has 0 bridgehead atoms. The number of rotatable bonds is 4. The van der Waals surface area contributed by atoms with Gasteiger partial charge >= 0.3 is 0 Å². The van der Waals surface area contributed by atoms with E-state index in [1.54, 1.807) is 49.6 Å². The molecule has 0 spiro atoms. The maximum atomic E-state index is 12.6. The van der Waals surface area contributed by atoms with E-state index in [2.05, 4.69) is 15.9 Å². The minimum atomic E-state index is -1.33. The van der Waals surface area contributed by atoms with Crippen LogP contribution in [0.25, 0.3) is 0 Å². The highest BCUT2D eigenvalue weighted by molar-refractivity contribution is 9.10. The van der Waals surface area contributed by atoms with Crippen LogP contribution in [0.1, 0.15) is 17.3 Å². The summed E-state index contributed by atoms with van der Waals surface area (Å²) < 4.78 is 18.3. The predicted octanol–water partition coefficient (Wildman–Crippen LogP) is 3.83. The Morgan fingerprint density at radius 2 is 1.95 bits per heavy atom. The Kier molecular flexibility index (Phi) is 4.73. The Hall–Kier alpha value is -1.46. The second kappa shape index (κ2) is 6.33. The molecular weight excluding hydrogens is 340 g/mol. The minimum absolute atomic E-state index is 0.0237. The van der Waals surface area contributed by atoms with Gasteiger partial charge in [-0.05, 0) is 53.2 Å². The smallest absolute Gasteiger partial charge is 0.159 e. The second-order valence-corrected chi connectivity index (χ2v) is 6.45. The van der Waals surface area contributed by atoms with Gasteiger partial charge < -0.3 is 4.74 Å². The molecule has 0 aromatic heterocycles. The van der Waals surface area contributed by atoms with Gasteiger partial charge in [-0.1, -0.05) is 12.1 Å². The van der Waals surface area contributed by atoms with Gasteiger partial charge in [0, 0.05) is 14.9 Å². The van der Waals surface area contributed by atoms with E-state index in [0.717, 1.165) is 0 Å². The molecule has 0 heterocycles. The minimum Gasteiger partial charge on any atom is -0.497 e. The maximum Gasteiger partial charge on any atom is 0.159 e. The second-order valence-electron chi connectivity index (χ2n) is 4.15. The summed E-state index contributed by atoms with van der Waals surface area (Å²) in [5.41, 5.74) is 0.586. The molecule has 0 fully saturated rings. The average molecular weight is 353 g/mol. The zero-order chi connectivity index (χ0) is 14.7. The molecule has 0 aliphatic heterocycles. The Labute approximate surface area is 128 Å². The summed E-state index contributed by atoms with van der Waals surface area (Å²) in [6.45, 7) is 1.50. The lowest BCUT2D eigenvalue weighted by atomic mass is 10.2. The molecule has 3 nitrogen and oxygen atoms in total. The van der Waals surface area contributed by atoms with Gasteiger partial charge in [0.25, 0.3) is 0 Å². The standard InChI is InChI=1S/C15H13BrO3S/c1-10(17)11-6-7-15(14(16)8-11)20(18)13-5-3-4-12(9-13)19-2/h3-9H,1-2H3. The summed E-state index contributed by atoms with van der Waals surface area (Å²) in [4.78, 5) is 12.6. The van der Waals surface area contributed by atoms with Crippen molar-refractivity contribution in [1.29, 1.82) is 0 Å². The lowest BCUT2D eigenvalue weighted by Crippen LogP contribution is -1.98. The Bertz CT molecular complexity index is 683. The fraction of sp³-hybridized carbons (Fsp3) is 0.133. The largest absolute Gasteiger partial charge is 0.497 e. The lowest BCUT2D eigenvalue weighted by Gasteiger charge is -2.07. The van der Waals surface area contributed by atoms with Crippen LogP contribution in [0, 0.1) is 0 Å². The van der Waals surface area contributed by atoms with Crippen molar-refractivity contribution in [2.45, 2.75) is 16.7 Å². The van der Waals surface area contributed by atoms with Gasteiger partial charge in [-0.3, -0.25) is 4.79 Å². The molecule has 0 radical (unpaired) electrons. The first-order valence-corrected chi connectivity index (χ1v) is 7.83. The third kappa shape index (κ3) is 3.16. The number of hydrogen-bond donors (Lipinski definition) is 0. The summed E-state index contributed by atoms with van der Waals surface area (Å²) >= 11 is 3.37. The molecule has 2 aromatic carbocycles. The fourth-order valence-electron chi connectivity index (χ4n) is 1.71. The molecule has 2 aromatic rings. The highest BCUT2D eigenvalue weighted by Gasteiger charge is 2.13. The van der Waals surface area contributed by atoms with E-state index < -0.39 is 10.8 Å². The summed E-state index contributed by atoms with van der Waals surface area (Å²) in [5, 5.41) is 0. The Morgan fingerprint density at radius 3 is 2.55 bits per heavy atom. The third-order valence-electron chi connectivity index (χ3n) is 2.79. The number of Topliss-reactive ketones (excluding diaryl/α,β-unsaturated/α-hetero) is 1. The van der Waals surface area contributed by atoms with Gasteiger partial charge in [0.2, 0.25) is 0 Å². The molecule has 104 valence electrons. The van der Waals surface area contributed by atoms with Crippen LogP contribution in [0.5, 0.6) is 5.75 Å². The molecule has 0 aliphatic carbocycles. The van der Waals surface area contributed by atoms with E-state index in [9.17, 15) is 9.00 Å². The van der Waals surface area contributed by atoms with Crippen LogP contribution in [0.2, 0.25) is 0 Å². The summed E-state index contributed by atoms with van der Waals surface area (Å²) in [5.74, 6) is 0.636. The normalized spacial score (nSPS) is 11.9. The molecule has 5 heteroatoms. The fourth-order valence-corrected chi connectivity index (χ4v) is 3.64.